The zero-order valence-corrected chi connectivity index (χ0v) is 15.0. The monoisotopic (exact) mass is 356 g/mol. The first-order valence-electron chi connectivity index (χ1n) is 8.65. The van der Waals surface area contributed by atoms with E-state index in [9.17, 15) is 9.59 Å². The number of amides is 3. The number of anilines is 1. The molecule has 0 aliphatic rings. The fourth-order valence-corrected chi connectivity index (χ4v) is 2.13. The van der Waals surface area contributed by atoms with Crippen LogP contribution in [-0.4, -0.2) is 30.0 Å². The van der Waals surface area contributed by atoms with Crippen LogP contribution < -0.4 is 20.7 Å². The van der Waals surface area contributed by atoms with E-state index < -0.39 is 6.03 Å². The van der Waals surface area contributed by atoms with Crippen molar-refractivity contribution in [2.75, 3.05) is 18.4 Å². The second-order valence-electron chi connectivity index (χ2n) is 5.65. The summed E-state index contributed by atoms with van der Waals surface area (Å²) in [7, 11) is 0. The molecule has 7 heteroatoms. The standard InChI is InChI=1S/C19H24N4O3/c1-3-10-20-17(24)13-22-19(25)23-15-8-9-18(21-12-15)26-16-7-5-6-14(4-2)11-16/h5-9,11-12H,3-4,10,13H2,1-2H3,(H,20,24)(H2,22,23,25). The topological polar surface area (TPSA) is 92.4 Å². The summed E-state index contributed by atoms with van der Waals surface area (Å²) in [4.78, 5) is 27.4. The molecule has 0 bridgehead atoms. The Morgan fingerprint density at radius 3 is 2.65 bits per heavy atom. The quantitative estimate of drug-likeness (QED) is 0.678. The predicted molar refractivity (Wildman–Crippen MR) is 100 cm³/mol. The molecular weight excluding hydrogens is 332 g/mol. The molecule has 1 aromatic carbocycles. The number of urea groups is 1. The molecule has 0 aliphatic heterocycles. The molecule has 138 valence electrons. The Balaban J connectivity index is 1.83. The van der Waals surface area contributed by atoms with Crippen molar-refractivity contribution in [1.29, 1.82) is 0 Å². The highest BCUT2D eigenvalue weighted by atomic mass is 16.5. The van der Waals surface area contributed by atoms with Crippen molar-refractivity contribution >= 4 is 17.6 Å². The van der Waals surface area contributed by atoms with E-state index in [1.54, 1.807) is 12.1 Å². The molecule has 0 saturated carbocycles. The van der Waals surface area contributed by atoms with E-state index in [0.717, 1.165) is 12.8 Å². The molecule has 0 atom stereocenters. The van der Waals surface area contributed by atoms with E-state index >= 15 is 0 Å². The number of carbonyl (C=O) groups excluding carboxylic acids is 2. The van der Waals surface area contributed by atoms with Gasteiger partial charge >= 0.3 is 6.03 Å². The van der Waals surface area contributed by atoms with Crippen molar-refractivity contribution in [2.45, 2.75) is 26.7 Å². The van der Waals surface area contributed by atoms with Gasteiger partial charge < -0.3 is 20.7 Å². The number of nitrogens with zero attached hydrogens (tertiary/aromatic N) is 1. The van der Waals surface area contributed by atoms with Crippen LogP contribution in [0.2, 0.25) is 0 Å². The third-order valence-corrected chi connectivity index (χ3v) is 3.50. The fraction of sp³-hybridized carbons (Fsp3) is 0.316. The molecule has 26 heavy (non-hydrogen) atoms. The second kappa shape index (κ2) is 10.0. The van der Waals surface area contributed by atoms with Crippen molar-refractivity contribution in [3.8, 4) is 11.6 Å². The summed E-state index contributed by atoms with van der Waals surface area (Å²) in [5, 5.41) is 7.78. The summed E-state index contributed by atoms with van der Waals surface area (Å²) >= 11 is 0. The summed E-state index contributed by atoms with van der Waals surface area (Å²) in [6.07, 6.45) is 3.27. The molecule has 0 saturated heterocycles. The zero-order valence-electron chi connectivity index (χ0n) is 15.0. The van der Waals surface area contributed by atoms with Crippen molar-refractivity contribution < 1.29 is 14.3 Å². The van der Waals surface area contributed by atoms with Crippen LogP contribution >= 0.6 is 0 Å². The van der Waals surface area contributed by atoms with Crippen LogP contribution in [0.25, 0.3) is 0 Å². The van der Waals surface area contributed by atoms with Crippen molar-refractivity contribution in [2.24, 2.45) is 0 Å². The third-order valence-electron chi connectivity index (χ3n) is 3.50. The first-order chi connectivity index (χ1) is 12.6. The number of benzene rings is 1. The van der Waals surface area contributed by atoms with E-state index in [0.29, 0.717) is 23.9 Å². The highest BCUT2D eigenvalue weighted by Crippen LogP contribution is 2.21. The molecule has 1 heterocycles. The normalized spacial score (nSPS) is 10.1. The van der Waals surface area contributed by atoms with Crippen LogP contribution in [0.15, 0.2) is 42.6 Å². The third kappa shape index (κ3) is 6.43. The number of pyridine rings is 1. The van der Waals surface area contributed by atoms with Gasteiger partial charge in [-0.15, -0.1) is 0 Å². The lowest BCUT2D eigenvalue weighted by molar-refractivity contribution is -0.120. The minimum absolute atomic E-state index is 0.0752. The van der Waals surface area contributed by atoms with Crippen LogP contribution in [0.4, 0.5) is 10.5 Å². The largest absolute Gasteiger partial charge is 0.439 e. The lowest BCUT2D eigenvalue weighted by atomic mass is 10.2. The van der Waals surface area contributed by atoms with Gasteiger partial charge in [0.25, 0.3) is 0 Å². The fourth-order valence-electron chi connectivity index (χ4n) is 2.13. The number of nitrogens with one attached hydrogen (secondary N) is 3. The summed E-state index contributed by atoms with van der Waals surface area (Å²) in [5.41, 5.74) is 1.69. The maximum Gasteiger partial charge on any atom is 0.319 e. The molecule has 0 fully saturated rings. The second-order valence-corrected chi connectivity index (χ2v) is 5.65. The smallest absolute Gasteiger partial charge is 0.319 e. The minimum Gasteiger partial charge on any atom is -0.439 e. The highest BCUT2D eigenvalue weighted by molar-refractivity contribution is 5.92. The Kier molecular flexibility index (Phi) is 7.42. The molecule has 0 unspecified atom stereocenters. The number of rotatable bonds is 8. The molecule has 2 rings (SSSR count). The van der Waals surface area contributed by atoms with E-state index in [-0.39, 0.29) is 12.5 Å². The van der Waals surface area contributed by atoms with Crippen LogP contribution in [-0.2, 0) is 11.2 Å². The first-order valence-corrected chi connectivity index (χ1v) is 8.65. The van der Waals surface area contributed by atoms with Crippen LogP contribution in [0.5, 0.6) is 11.6 Å². The molecule has 0 radical (unpaired) electrons. The van der Waals surface area contributed by atoms with Crippen LogP contribution in [0, 0.1) is 0 Å². The van der Waals surface area contributed by atoms with Crippen LogP contribution in [0.3, 0.4) is 0 Å². The van der Waals surface area contributed by atoms with Gasteiger partial charge in [0.05, 0.1) is 18.4 Å². The minimum atomic E-state index is -0.470. The molecule has 1 aromatic heterocycles. The summed E-state index contributed by atoms with van der Waals surface area (Å²) in [6, 6.07) is 10.7. The number of aryl methyl sites for hydroxylation is 1. The predicted octanol–water partition coefficient (Wildman–Crippen LogP) is 3.08. The van der Waals surface area contributed by atoms with Gasteiger partial charge in [0.1, 0.15) is 5.75 Å². The van der Waals surface area contributed by atoms with Gasteiger partial charge in [0, 0.05) is 12.6 Å². The molecule has 2 aromatic rings. The summed E-state index contributed by atoms with van der Waals surface area (Å²) < 4.78 is 5.70. The maximum absolute atomic E-state index is 11.8. The molecule has 0 spiro atoms. The highest BCUT2D eigenvalue weighted by Gasteiger charge is 2.06. The number of ether oxygens (including phenoxy) is 1. The van der Waals surface area contributed by atoms with Crippen molar-refractivity contribution in [3.63, 3.8) is 0 Å². The van der Waals surface area contributed by atoms with Gasteiger partial charge in [0.2, 0.25) is 11.8 Å². The van der Waals surface area contributed by atoms with Gasteiger partial charge in [-0.05, 0) is 36.6 Å². The van der Waals surface area contributed by atoms with Gasteiger partial charge in [-0.1, -0.05) is 26.0 Å². The molecule has 3 amide bonds. The van der Waals surface area contributed by atoms with E-state index in [1.807, 2.05) is 31.2 Å². The Bertz CT molecular complexity index is 732. The SMILES string of the molecule is CCCNC(=O)CNC(=O)Nc1ccc(Oc2cccc(CC)c2)nc1. The molecule has 0 aliphatic carbocycles. The Morgan fingerprint density at radius 1 is 1.12 bits per heavy atom. The average molecular weight is 356 g/mol. The summed E-state index contributed by atoms with van der Waals surface area (Å²) in [5.74, 6) is 0.926. The van der Waals surface area contributed by atoms with Crippen molar-refractivity contribution in [3.05, 3.63) is 48.2 Å². The molecule has 3 N–H and O–H groups in total. The number of hydrogen-bond donors (Lipinski definition) is 3. The van der Waals surface area contributed by atoms with Gasteiger partial charge in [-0.25, -0.2) is 9.78 Å². The van der Waals surface area contributed by atoms with Gasteiger partial charge in [-0.2, -0.15) is 0 Å². The first kappa shape index (κ1) is 19.2. The van der Waals surface area contributed by atoms with Crippen LogP contribution in [0.1, 0.15) is 25.8 Å². The van der Waals surface area contributed by atoms with E-state index in [1.165, 1.54) is 11.8 Å². The Hall–Kier alpha value is -3.09. The van der Waals surface area contributed by atoms with E-state index in [2.05, 4.69) is 27.9 Å². The van der Waals surface area contributed by atoms with Gasteiger partial charge in [-0.3, -0.25) is 4.79 Å². The number of aromatic nitrogens is 1. The Morgan fingerprint density at radius 2 is 1.96 bits per heavy atom. The van der Waals surface area contributed by atoms with Gasteiger partial charge in [0.15, 0.2) is 0 Å². The molecular formula is C19H24N4O3. The summed E-state index contributed by atoms with van der Waals surface area (Å²) in [6.45, 7) is 4.56. The van der Waals surface area contributed by atoms with Crippen molar-refractivity contribution in [1.82, 2.24) is 15.6 Å². The lowest BCUT2D eigenvalue weighted by Gasteiger charge is -2.09. The average Bonchev–Trinajstić information content (AvgIpc) is 2.66. The Labute approximate surface area is 153 Å². The number of carbonyl (C=O) groups is 2. The lowest BCUT2D eigenvalue weighted by Crippen LogP contribution is -2.39. The van der Waals surface area contributed by atoms with E-state index in [4.69, 9.17) is 4.74 Å². The maximum atomic E-state index is 11.8. The zero-order chi connectivity index (χ0) is 18.8. The molecule has 7 nitrogen and oxygen atoms in total. The number of hydrogen-bond acceptors (Lipinski definition) is 4.